The molecule has 104 valence electrons. The molecule has 4 nitrogen and oxygen atoms in total. The molecule has 0 bridgehead atoms. The molecule has 0 aliphatic carbocycles. The number of nitrogens with two attached hydrogens (primary N) is 1. The number of carbonyl (C=O) groups excluding carboxylic acids is 2. The van der Waals surface area contributed by atoms with E-state index in [-0.39, 0.29) is 6.04 Å². The molecule has 1 saturated heterocycles. The highest BCUT2D eigenvalue weighted by molar-refractivity contribution is 5.82. The first-order chi connectivity index (χ1) is 8.31. The standard InChI is InChI=1S/C8H16.C6H10N2O2/c1-6(2)8(5)7(3)4;7-6(10)5-2-1-3-8(5)4-9/h7-8H,1H2,2-5H3;4-5H,1-3H2,(H2,7,10)/t;5-/m.0/s1. The number of nitrogens with zero attached hydrogens (tertiary/aromatic N) is 1. The van der Waals surface area contributed by atoms with Crippen molar-refractivity contribution in [1.29, 1.82) is 0 Å². The lowest BCUT2D eigenvalue weighted by atomic mass is 9.92. The van der Waals surface area contributed by atoms with Crippen molar-refractivity contribution < 1.29 is 9.59 Å². The number of allylic oxidation sites excluding steroid dienone is 1. The van der Waals surface area contributed by atoms with E-state index in [2.05, 4.69) is 34.3 Å². The summed E-state index contributed by atoms with van der Waals surface area (Å²) in [4.78, 5) is 22.3. The molecule has 0 aromatic heterocycles. The number of primary amides is 1. The molecular formula is C14H26N2O2. The van der Waals surface area contributed by atoms with Crippen LogP contribution in [0, 0.1) is 11.8 Å². The predicted molar refractivity (Wildman–Crippen MR) is 73.8 cm³/mol. The number of hydrogen-bond donors (Lipinski definition) is 1. The van der Waals surface area contributed by atoms with Crippen LogP contribution >= 0.6 is 0 Å². The first-order valence-electron chi connectivity index (χ1n) is 6.47. The maximum absolute atomic E-state index is 10.6. The molecule has 0 aromatic carbocycles. The third-order valence-electron chi connectivity index (χ3n) is 3.54. The van der Waals surface area contributed by atoms with Crippen LogP contribution in [0.2, 0.25) is 0 Å². The molecule has 1 fully saturated rings. The fourth-order valence-electron chi connectivity index (χ4n) is 1.79. The van der Waals surface area contributed by atoms with Gasteiger partial charge in [0.1, 0.15) is 6.04 Å². The second-order valence-corrected chi connectivity index (χ2v) is 5.28. The maximum atomic E-state index is 10.6. The molecule has 1 rings (SSSR count). The molecule has 2 N–H and O–H groups in total. The van der Waals surface area contributed by atoms with Gasteiger partial charge in [0.05, 0.1) is 0 Å². The van der Waals surface area contributed by atoms with Crippen LogP contribution < -0.4 is 5.73 Å². The second-order valence-electron chi connectivity index (χ2n) is 5.28. The fraction of sp³-hybridized carbons (Fsp3) is 0.714. The van der Waals surface area contributed by atoms with Crippen molar-refractivity contribution in [3.63, 3.8) is 0 Å². The van der Waals surface area contributed by atoms with Gasteiger partial charge in [-0.25, -0.2) is 0 Å². The molecule has 0 radical (unpaired) electrons. The number of amides is 2. The number of hydrogen-bond acceptors (Lipinski definition) is 2. The van der Waals surface area contributed by atoms with Gasteiger partial charge in [0.15, 0.2) is 0 Å². The summed E-state index contributed by atoms with van der Waals surface area (Å²) in [5.41, 5.74) is 6.32. The van der Waals surface area contributed by atoms with Gasteiger partial charge in [0, 0.05) is 6.54 Å². The predicted octanol–water partition coefficient (Wildman–Crippen LogP) is 1.95. The Labute approximate surface area is 110 Å². The average molecular weight is 254 g/mol. The van der Waals surface area contributed by atoms with E-state index in [1.807, 2.05) is 0 Å². The van der Waals surface area contributed by atoms with Crippen molar-refractivity contribution in [2.75, 3.05) is 6.54 Å². The maximum Gasteiger partial charge on any atom is 0.240 e. The molecule has 1 unspecified atom stereocenters. The summed E-state index contributed by atoms with van der Waals surface area (Å²) in [6, 6.07) is -0.350. The first-order valence-corrected chi connectivity index (χ1v) is 6.47. The second kappa shape index (κ2) is 7.90. The van der Waals surface area contributed by atoms with Crippen molar-refractivity contribution in [3.8, 4) is 0 Å². The van der Waals surface area contributed by atoms with E-state index in [9.17, 15) is 9.59 Å². The van der Waals surface area contributed by atoms with Crippen molar-refractivity contribution in [1.82, 2.24) is 4.90 Å². The van der Waals surface area contributed by atoms with Gasteiger partial charge in [-0.05, 0) is 31.6 Å². The molecule has 1 heterocycles. The highest BCUT2D eigenvalue weighted by Gasteiger charge is 2.27. The molecule has 2 atom stereocenters. The minimum absolute atomic E-state index is 0.350. The molecular weight excluding hydrogens is 228 g/mol. The van der Waals surface area contributed by atoms with Crippen LogP contribution in [0.15, 0.2) is 12.2 Å². The lowest BCUT2D eigenvalue weighted by molar-refractivity contribution is -0.128. The summed E-state index contributed by atoms with van der Waals surface area (Å²) < 4.78 is 0. The third-order valence-corrected chi connectivity index (χ3v) is 3.54. The summed E-state index contributed by atoms with van der Waals surface area (Å²) in [6.45, 7) is 13.3. The van der Waals surface area contributed by atoms with Crippen molar-refractivity contribution in [3.05, 3.63) is 12.2 Å². The zero-order valence-electron chi connectivity index (χ0n) is 12.0. The van der Waals surface area contributed by atoms with Crippen LogP contribution in [0.1, 0.15) is 40.5 Å². The van der Waals surface area contributed by atoms with Gasteiger partial charge in [0.2, 0.25) is 12.3 Å². The van der Waals surface area contributed by atoms with Crippen LogP contribution in [0.25, 0.3) is 0 Å². The minimum atomic E-state index is -0.399. The molecule has 4 heteroatoms. The Hall–Kier alpha value is -1.32. The van der Waals surface area contributed by atoms with E-state index in [0.29, 0.717) is 25.3 Å². The van der Waals surface area contributed by atoms with Gasteiger partial charge < -0.3 is 10.6 Å². The smallest absolute Gasteiger partial charge is 0.240 e. The van der Waals surface area contributed by atoms with Gasteiger partial charge in [-0.15, -0.1) is 0 Å². The van der Waals surface area contributed by atoms with E-state index in [0.717, 1.165) is 12.3 Å². The Morgan fingerprint density at radius 3 is 2.22 bits per heavy atom. The summed E-state index contributed by atoms with van der Waals surface area (Å²) in [5, 5.41) is 0. The van der Waals surface area contributed by atoms with Crippen LogP contribution in [-0.4, -0.2) is 29.8 Å². The minimum Gasteiger partial charge on any atom is -0.368 e. The van der Waals surface area contributed by atoms with E-state index < -0.39 is 5.91 Å². The highest BCUT2D eigenvalue weighted by atomic mass is 16.2. The topological polar surface area (TPSA) is 63.4 Å². The summed E-state index contributed by atoms with van der Waals surface area (Å²) in [5.74, 6) is 1.02. The molecule has 0 spiro atoms. The van der Waals surface area contributed by atoms with Gasteiger partial charge in [0.25, 0.3) is 0 Å². The number of likely N-dealkylation sites (tertiary alicyclic amines) is 1. The lowest BCUT2D eigenvalue weighted by Crippen LogP contribution is -2.39. The number of rotatable bonds is 4. The van der Waals surface area contributed by atoms with Gasteiger partial charge in [-0.2, -0.15) is 0 Å². The van der Waals surface area contributed by atoms with Gasteiger partial charge in [-0.3, -0.25) is 9.59 Å². The zero-order chi connectivity index (χ0) is 14.3. The number of carbonyl (C=O) groups is 2. The molecule has 0 saturated carbocycles. The largest absolute Gasteiger partial charge is 0.368 e. The fourth-order valence-corrected chi connectivity index (χ4v) is 1.79. The summed E-state index contributed by atoms with van der Waals surface area (Å²) in [7, 11) is 0. The first kappa shape index (κ1) is 16.7. The average Bonchev–Trinajstić information content (AvgIpc) is 2.76. The van der Waals surface area contributed by atoms with Crippen molar-refractivity contribution >= 4 is 12.3 Å². The normalized spacial score (nSPS) is 20.1. The van der Waals surface area contributed by atoms with E-state index >= 15 is 0 Å². The Morgan fingerprint density at radius 2 is 2.00 bits per heavy atom. The van der Waals surface area contributed by atoms with Gasteiger partial charge >= 0.3 is 0 Å². The summed E-state index contributed by atoms with van der Waals surface area (Å²) in [6.07, 6.45) is 2.28. The molecule has 18 heavy (non-hydrogen) atoms. The third kappa shape index (κ3) is 5.34. The highest BCUT2D eigenvalue weighted by Crippen LogP contribution is 2.16. The monoisotopic (exact) mass is 254 g/mol. The Bertz CT molecular complexity index is 300. The molecule has 1 aliphatic rings. The van der Waals surface area contributed by atoms with E-state index in [4.69, 9.17) is 5.73 Å². The van der Waals surface area contributed by atoms with Crippen LogP contribution in [-0.2, 0) is 9.59 Å². The zero-order valence-corrected chi connectivity index (χ0v) is 12.0. The van der Waals surface area contributed by atoms with Crippen LogP contribution in [0.3, 0.4) is 0 Å². The van der Waals surface area contributed by atoms with E-state index in [1.165, 1.54) is 10.5 Å². The molecule has 0 aromatic rings. The van der Waals surface area contributed by atoms with Crippen molar-refractivity contribution in [2.45, 2.75) is 46.6 Å². The van der Waals surface area contributed by atoms with Crippen molar-refractivity contribution in [2.24, 2.45) is 17.6 Å². The van der Waals surface area contributed by atoms with Gasteiger partial charge in [-0.1, -0.05) is 32.9 Å². The lowest BCUT2D eigenvalue weighted by Gasteiger charge is -2.15. The van der Waals surface area contributed by atoms with Crippen LogP contribution in [0.5, 0.6) is 0 Å². The Kier molecular flexibility index (Phi) is 7.32. The van der Waals surface area contributed by atoms with E-state index in [1.54, 1.807) is 0 Å². The quantitative estimate of drug-likeness (QED) is 0.615. The molecule has 2 amide bonds. The Morgan fingerprint density at radius 1 is 1.44 bits per heavy atom. The summed E-state index contributed by atoms with van der Waals surface area (Å²) >= 11 is 0. The molecule has 1 aliphatic heterocycles. The van der Waals surface area contributed by atoms with Crippen LogP contribution in [0.4, 0.5) is 0 Å². The SMILES string of the molecule is C=C(C)C(C)C(C)C.NC(=O)[C@@H]1CCCN1C=O. The Balaban J connectivity index is 0.000000331.